The fraction of sp³-hybridized carbons (Fsp3) is 0.316. The molecule has 11 nitrogen and oxygen atoms in total. The number of nitro benzene ring substituents is 1. The first kappa shape index (κ1) is 34.8. The number of rotatable bonds is 11. The number of nitrogens with one attached hydrogen (secondary N) is 1. The molecule has 0 saturated carbocycles. The number of non-ortho nitro benzene ring substituents is 1. The van der Waals surface area contributed by atoms with Gasteiger partial charge < -0.3 is 29.5 Å². The summed E-state index contributed by atoms with van der Waals surface area (Å²) >= 11 is 0. The maximum atomic E-state index is 14.9. The van der Waals surface area contributed by atoms with E-state index < -0.39 is 24.7 Å². The Balaban J connectivity index is 1.36. The van der Waals surface area contributed by atoms with Crippen LogP contribution in [0.15, 0.2) is 91.0 Å². The van der Waals surface area contributed by atoms with Gasteiger partial charge in [-0.25, -0.2) is 0 Å². The zero-order chi connectivity index (χ0) is 35.8. The van der Waals surface area contributed by atoms with Gasteiger partial charge in [0.2, 0.25) is 0 Å². The highest BCUT2D eigenvalue weighted by molar-refractivity contribution is 6.91. The molecule has 0 aliphatic carbocycles. The number of hydrogen-bond donors (Lipinski definition) is 2. The van der Waals surface area contributed by atoms with Crippen LogP contribution >= 0.6 is 0 Å². The highest BCUT2D eigenvalue weighted by atomic mass is 28.3. The third-order valence-corrected chi connectivity index (χ3v) is 14.7. The lowest BCUT2D eigenvalue weighted by molar-refractivity contribution is -0.385. The molecule has 1 fully saturated rings. The van der Waals surface area contributed by atoms with Crippen molar-refractivity contribution in [1.82, 2.24) is 0 Å². The molecule has 0 bridgehead atoms. The quantitative estimate of drug-likeness (QED) is 0.111. The molecule has 2 N–H and O–H groups in total. The minimum absolute atomic E-state index is 0.115. The molecule has 1 spiro atoms. The number of benzene rings is 4. The lowest BCUT2D eigenvalue weighted by Gasteiger charge is -2.37. The number of aliphatic hydroxyl groups excluding tert-OH is 1. The number of carbonyl (C=O) groups excluding carboxylic acids is 2. The van der Waals surface area contributed by atoms with Crippen LogP contribution in [-0.2, 0) is 21.7 Å². The summed E-state index contributed by atoms with van der Waals surface area (Å²) in [5.41, 5.74) is 1.00. The van der Waals surface area contributed by atoms with Crippen molar-refractivity contribution in [1.29, 1.82) is 0 Å². The number of amides is 2. The highest BCUT2D eigenvalue weighted by Crippen LogP contribution is 2.60. The second kappa shape index (κ2) is 13.7. The molecule has 260 valence electrons. The third kappa shape index (κ3) is 6.03. The first-order chi connectivity index (χ1) is 23.9. The van der Waals surface area contributed by atoms with E-state index in [1.54, 1.807) is 67.7 Å². The average molecular weight is 696 g/mol. The van der Waals surface area contributed by atoms with Gasteiger partial charge in [0.05, 0.1) is 45.6 Å². The molecule has 4 aromatic rings. The Morgan fingerprint density at radius 3 is 2.28 bits per heavy atom. The van der Waals surface area contributed by atoms with Gasteiger partial charge in [-0.15, -0.1) is 0 Å². The Hall–Kier alpha value is -5.04. The van der Waals surface area contributed by atoms with E-state index in [9.17, 15) is 24.8 Å². The summed E-state index contributed by atoms with van der Waals surface area (Å²) in [6.07, 6.45) is -0.150. The standard InChI is InChI=1S/C38H41N3O8Si/c1-24-35(50(4,5)31-16-14-30(48-3)15-17-31)34(19-20-42)49-38(24)32-22-28(41(45)46)11-18-33(32)40(37(38)44)23-25-7-6-8-27(21-25)39-36(43)26-9-12-29(47-2)13-10-26/h6-18,21-22,24,34-35,42H,19-20,23H2,1-5H3,(H,39,43)/t24-,34+,35-,38+/m1/s1. The zero-order valence-corrected chi connectivity index (χ0v) is 29.7. The number of fused-ring (bicyclic) bond motifs is 2. The van der Waals surface area contributed by atoms with Crippen LogP contribution in [0.3, 0.4) is 0 Å². The van der Waals surface area contributed by atoms with Gasteiger partial charge in [0, 0.05) is 41.5 Å². The SMILES string of the molecule is COc1ccc(C(=O)Nc2cccc(CN3C(=O)[C@@]4(O[C@@H](CCO)[C@H]([Si](C)(C)c5ccc(OC)cc5)[C@H]4C)c4cc([N+](=O)[O-])ccc43)c2)cc1. The maximum Gasteiger partial charge on any atom is 0.269 e. The van der Waals surface area contributed by atoms with Crippen LogP contribution in [0.4, 0.5) is 17.1 Å². The van der Waals surface area contributed by atoms with Crippen LogP contribution in [0, 0.1) is 16.0 Å². The number of hydrogen-bond acceptors (Lipinski definition) is 8. The summed E-state index contributed by atoms with van der Waals surface area (Å²) in [4.78, 5) is 41.1. The van der Waals surface area contributed by atoms with Gasteiger partial charge in [0.15, 0.2) is 5.60 Å². The fourth-order valence-electron chi connectivity index (χ4n) is 7.84. The molecule has 2 heterocycles. The predicted molar refractivity (Wildman–Crippen MR) is 193 cm³/mol. The van der Waals surface area contributed by atoms with E-state index in [2.05, 4.69) is 30.5 Å². The van der Waals surface area contributed by atoms with Crippen molar-refractivity contribution in [3.05, 3.63) is 118 Å². The fourth-order valence-corrected chi connectivity index (χ4v) is 11.9. The summed E-state index contributed by atoms with van der Waals surface area (Å²) in [7, 11) is 0.757. The van der Waals surface area contributed by atoms with Crippen LogP contribution in [0.1, 0.15) is 34.8 Å². The molecular weight excluding hydrogens is 655 g/mol. The van der Waals surface area contributed by atoms with Crippen LogP contribution < -0.4 is 24.9 Å². The summed E-state index contributed by atoms with van der Waals surface area (Å²) in [6.45, 7) is 6.48. The smallest absolute Gasteiger partial charge is 0.269 e. The van der Waals surface area contributed by atoms with Gasteiger partial charge in [0.25, 0.3) is 17.5 Å². The van der Waals surface area contributed by atoms with Crippen LogP contribution in [0.25, 0.3) is 0 Å². The number of carbonyl (C=O) groups is 2. The molecule has 0 unspecified atom stereocenters. The van der Waals surface area contributed by atoms with E-state index in [4.69, 9.17) is 14.2 Å². The minimum atomic E-state index is -2.42. The number of aliphatic hydroxyl groups is 1. The molecule has 4 atom stereocenters. The van der Waals surface area contributed by atoms with E-state index in [1.807, 2.05) is 25.1 Å². The van der Waals surface area contributed by atoms with Gasteiger partial charge in [-0.3, -0.25) is 19.7 Å². The van der Waals surface area contributed by atoms with Crippen molar-refractivity contribution in [2.75, 3.05) is 31.0 Å². The maximum absolute atomic E-state index is 14.9. The molecule has 50 heavy (non-hydrogen) atoms. The summed E-state index contributed by atoms with van der Waals surface area (Å²) in [5, 5.41) is 26.3. The molecule has 2 aliphatic heterocycles. The van der Waals surface area contributed by atoms with Crippen molar-refractivity contribution in [3.8, 4) is 11.5 Å². The molecule has 2 aliphatic rings. The molecule has 6 rings (SSSR count). The number of nitrogens with zero attached hydrogens (tertiary/aromatic N) is 2. The van der Waals surface area contributed by atoms with Crippen LogP contribution in [0.5, 0.6) is 11.5 Å². The minimum Gasteiger partial charge on any atom is -0.497 e. The van der Waals surface area contributed by atoms with Gasteiger partial charge in [0.1, 0.15) is 11.5 Å². The third-order valence-electron chi connectivity index (χ3n) is 10.3. The van der Waals surface area contributed by atoms with E-state index in [-0.39, 0.29) is 42.1 Å². The molecule has 12 heteroatoms. The second-order valence-corrected chi connectivity index (χ2v) is 18.1. The van der Waals surface area contributed by atoms with Crippen molar-refractivity contribution >= 4 is 42.1 Å². The molecular formula is C38H41N3O8Si. The van der Waals surface area contributed by atoms with E-state index in [1.165, 1.54) is 12.1 Å². The Labute approximate surface area is 292 Å². The number of ether oxygens (including phenoxy) is 3. The predicted octanol–water partition coefficient (Wildman–Crippen LogP) is 6.01. The zero-order valence-electron chi connectivity index (χ0n) is 28.7. The van der Waals surface area contributed by atoms with Gasteiger partial charge in [-0.05, 0) is 72.1 Å². The molecule has 2 amide bonds. The highest BCUT2D eigenvalue weighted by Gasteiger charge is 2.66. The van der Waals surface area contributed by atoms with Gasteiger partial charge >= 0.3 is 0 Å². The van der Waals surface area contributed by atoms with Gasteiger partial charge in [-0.2, -0.15) is 0 Å². The summed E-state index contributed by atoms with van der Waals surface area (Å²) < 4.78 is 17.5. The van der Waals surface area contributed by atoms with Crippen molar-refractivity contribution in [2.45, 2.75) is 50.2 Å². The molecule has 4 aromatic carbocycles. The normalized spacial score (nSPS) is 21.3. The van der Waals surface area contributed by atoms with E-state index in [0.29, 0.717) is 34.7 Å². The van der Waals surface area contributed by atoms with Gasteiger partial charge in [-0.1, -0.05) is 49.5 Å². The lowest BCUT2D eigenvalue weighted by Crippen LogP contribution is -2.51. The topological polar surface area (TPSA) is 140 Å². The Morgan fingerprint density at radius 1 is 1.00 bits per heavy atom. The lowest BCUT2D eigenvalue weighted by atomic mass is 9.82. The van der Waals surface area contributed by atoms with E-state index in [0.717, 1.165) is 16.5 Å². The van der Waals surface area contributed by atoms with Crippen molar-refractivity contribution in [2.24, 2.45) is 5.92 Å². The molecule has 1 saturated heterocycles. The van der Waals surface area contributed by atoms with Crippen LogP contribution in [0.2, 0.25) is 18.6 Å². The molecule has 0 aromatic heterocycles. The van der Waals surface area contributed by atoms with Crippen LogP contribution in [-0.4, -0.2) is 56.8 Å². The Morgan fingerprint density at radius 2 is 1.66 bits per heavy atom. The van der Waals surface area contributed by atoms with E-state index >= 15 is 0 Å². The summed E-state index contributed by atoms with van der Waals surface area (Å²) in [5.74, 6) is 0.402. The number of anilines is 2. The molecule has 0 radical (unpaired) electrons. The summed E-state index contributed by atoms with van der Waals surface area (Å²) in [6, 6.07) is 26.5. The largest absolute Gasteiger partial charge is 0.497 e. The monoisotopic (exact) mass is 695 g/mol. The Kier molecular flexibility index (Phi) is 9.53. The average Bonchev–Trinajstić information content (AvgIpc) is 3.54. The van der Waals surface area contributed by atoms with Crippen molar-refractivity contribution in [3.63, 3.8) is 0 Å². The van der Waals surface area contributed by atoms with Crippen molar-refractivity contribution < 1.29 is 33.8 Å². The first-order valence-corrected chi connectivity index (χ1v) is 19.6. The Bertz CT molecular complexity index is 1920. The second-order valence-electron chi connectivity index (χ2n) is 13.4. The number of nitro groups is 1. The number of methoxy groups -OCH3 is 2. The first-order valence-electron chi connectivity index (χ1n) is 16.5.